The van der Waals surface area contributed by atoms with Crippen molar-refractivity contribution in [2.24, 2.45) is 5.92 Å². The molecule has 52 heavy (non-hydrogen) atoms. The van der Waals surface area contributed by atoms with Gasteiger partial charge in [-0.05, 0) is 80.3 Å². The Balaban J connectivity index is 1.10. The van der Waals surface area contributed by atoms with Crippen molar-refractivity contribution in [3.63, 3.8) is 0 Å². The lowest BCUT2D eigenvalue weighted by atomic mass is 9.92. The first-order chi connectivity index (χ1) is 25.1. The molecule has 10 heteroatoms. The first kappa shape index (κ1) is 35.6. The number of nitrogens with zero attached hydrogens (tertiary/aromatic N) is 3. The van der Waals surface area contributed by atoms with E-state index in [2.05, 4.69) is 52.5 Å². The lowest BCUT2D eigenvalue weighted by Gasteiger charge is -2.39. The van der Waals surface area contributed by atoms with Crippen LogP contribution in [0.4, 0.5) is 9.59 Å². The lowest BCUT2D eigenvalue weighted by Crippen LogP contribution is -2.56. The molecule has 1 saturated heterocycles. The molecule has 0 bridgehead atoms. The van der Waals surface area contributed by atoms with Crippen LogP contribution < -0.4 is 5.32 Å². The highest BCUT2D eigenvalue weighted by atomic mass is 16.6. The second-order valence-corrected chi connectivity index (χ2v) is 15.4. The maximum absolute atomic E-state index is 14.6. The summed E-state index contributed by atoms with van der Waals surface area (Å²) < 4.78 is 19.2. The quantitative estimate of drug-likeness (QED) is 0.164. The average molecular weight is 707 g/mol. The molecule has 1 aromatic heterocycles. The van der Waals surface area contributed by atoms with Gasteiger partial charge in [-0.2, -0.15) is 0 Å². The van der Waals surface area contributed by atoms with Crippen molar-refractivity contribution in [3.8, 4) is 11.1 Å². The first-order valence-corrected chi connectivity index (χ1v) is 18.5. The molecule has 3 aromatic carbocycles. The van der Waals surface area contributed by atoms with Gasteiger partial charge in [-0.15, -0.1) is 0 Å². The number of aryl methyl sites for hydroxylation is 1. The average Bonchev–Trinajstić information content (AvgIpc) is 3.84. The Kier molecular flexibility index (Phi) is 10.3. The van der Waals surface area contributed by atoms with Gasteiger partial charge in [0.25, 0.3) is 0 Å². The largest absolute Gasteiger partial charge is 0.448 e. The van der Waals surface area contributed by atoms with Crippen molar-refractivity contribution in [1.82, 2.24) is 19.7 Å². The van der Waals surface area contributed by atoms with Gasteiger partial charge >= 0.3 is 12.2 Å². The lowest BCUT2D eigenvalue weighted by molar-refractivity contribution is -0.138. The van der Waals surface area contributed by atoms with E-state index in [4.69, 9.17) is 14.2 Å². The van der Waals surface area contributed by atoms with Crippen LogP contribution >= 0.6 is 0 Å². The number of fused-ring (bicyclic) bond motifs is 4. The van der Waals surface area contributed by atoms with Gasteiger partial charge in [0, 0.05) is 69.0 Å². The van der Waals surface area contributed by atoms with Crippen LogP contribution in [0.1, 0.15) is 69.1 Å². The van der Waals surface area contributed by atoms with Gasteiger partial charge < -0.3 is 33.9 Å². The van der Waals surface area contributed by atoms with Crippen LogP contribution in [0.3, 0.4) is 0 Å². The molecule has 2 heterocycles. The van der Waals surface area contributed by atoms with Gasteiger partial charge in [-0.25, -0.2) is 9.59 Å². The minimum absolute atomic E-state index is 0.00847. The number of hydrogen-bond acceptors (Lipinski definition) is 6. The molecule has 274 valence electrons. The second-order valence-electron chi connectivity index (χ2n) is 15.4. The van der Waals surface area contributed by atoms with Crippen molar-refractivity contribution in [3.05, 3.63) is 95.7 Å². The Labute approximate surface area is 306 Å². The highest BCUT2D eigenvalue weighted by molar-refractivity contribution is 5.86. The van der Waals surface area contributed by atoms with Crippen LogP contribution in [0.15, 0.2) is 79.0 Å². The van der Waals surface area contributed by atoms with E-state index in [0.29, 0.717) is 19.6 Å². The Bertz CT molecular complexity index is 1880. The minimum atomic E-state index is -0.689. The number of aromatic nitrogens is 1. The van der Waals surface area contributed by atoms with Crippen LogP contribution in [0.25, 0.3) is 22.0 Å². The second kappa shape index (κ2) is 15.0. The number of carbonyl (C=O) groups is 3. The van der Waals surface area contributed by atoms with Gasteiger partial charge in [0.2, 0.25) is 5.91 Å². The van der Waals surface area contributed by atoms with Gasteiger partial charge in [0.1, 0.15) is 12.2 Å². The summed E-state index contributed by atoms with van der Waals surface area (Å²) in [4.78, 5) is 45.0. The molecule has 4 aromatic rings. The molecule has 3 aliphatic rings. The molecule has 2 fully saturated rings. The molecule has 1 N–H and O–H groups in total. The van der Waals surface area contributed by atoms with Crippen molar-refractivity contribution < 1.29 is 28.6 Å². The molecular formula is C42H50N4O6. The Morgan fingerprint density at radius 2 is 1.58 bits per heavy atom. The third-order valence-electron chi connectivity index (χ3n) is 10.3. The van der Waals surface area contributed by atoms with Crippen molar-refractivity contribution in [2.75, 3.05) is 33.4 Å². The van der Waals surface area contributed by atoms with Crippen LogP contribution in [-0.2, 0) is 32.1 Å². The van der Waals surface area contributed by atoms with Crippen molar-refractivity contribution >= 4 is 29.0 Å². The number of carbonyl (C=O) groups excluding carboxylic acids is 3. The number of alkyl carbamates (subject to hydrolysis) is 1. The Hall–Kier alpha value is -4.83. The zero-order valence-corrected chi connectivity index (χ0v) is 30.7. The van der Waals surface area contributed by atoms with Crippen LogP contribution in [0, 0.1) is 5.92 Å². The van der Waals surface area contributed by atoms with Crippen LogP contribution in [0.5, 0.6) is 0 Å². The number of benzene rings is 3. The number of ether oxygens (including phenoxy) is 3. The van der Waals surface area contributed by atoms with Crippen LogP contribution in [0.2, 0.25) is 0 Å². The summed E-state index contributed by atoms with van der Waals surface area (Å²) in [5.41, 5.74) is 6.12. The summed E-state index contributed by atoms with van der Waals surface area (Å²) in [6.07, 6.45) is 4.28. The van der Waals surface area contributed by atoms with Gasteiger partial charge in [-0.3, -0.25) is 4.79 Å². The maximum atomic E-state index is 14.6. The van der Waals surface area contributed by atoms with E-state index in [1.165, 1.54) is 0 Å². The molecule has 1 aliphatic heterocycles. The first-order valence-electron chi connectivity index (χ1n) is 18.5. The predicted octanol–water partition coefficient (Wildman–Crippen LogP) is 7.33. The van der Waals surface area contributed by atoms with E-state index >= 15 is 0 Å². The summed E-state index contributed by atoms with van der Waals surface area (Å²) in [6, 6.07) is 24.4. The maximum Gasteiger partial charge on any atom is 0.409 e. The summed E-state index contributed by atoms with van der Waals surface area (Å²) in [5, 5.41) is 4.09. The number of methoxy groups -OCH3 is 1. The molecule has 2 aliphatic carbocycles. The number of hydrogen-bond donors (Lipinski definition) is 1. The Morgan fingerprint density at radius 1 is 0.904 bits per heavy atom. The normalized spacial score (nSPS) is 18.5. The number of likely N-dealkylation sites (tertiary alicyclic amines) is 1. The minimum Gasteiger partial charge on any atom is -0.448 e. The van der Waals surface area contributed by atoms with Crippen molar-refractivity contribution in [2.45, 2.75) is 83.1 Å². The molecular weight excluding hydrogens is 656 g/mol. The third kappa shape index (κ3) is 7.82. The zero-order valence-electron chi connectivity index (χ0n) is 30.7. The van der Waals surface area contributed by atoms with Gasteiger partial charge in [0.05, 0.1) is 12.0 Å². The number of amides is 3. The summed E-state index contributed by atoms with van der Waals surface area (Å²) in [7, 11) is 1.71. The number of nitrogens with one attached hydrogen (secondary N) is 1. The fourth-order valence-electron chi connectivity index (χ4n) is 7.90. The standard InChI is InChI=1S/C42H50N4O6/c1-42(2,3)52-40(48)43-30-22-28(23-45(26-30)41(49)51-27-37-35-15-7-5-13-33(35)34-14-6-8-16-36(34)37)39(47)46(31-18-19-31)25-29-24-44(20-11-21-50-4)38-17-10-9-12-32(29)38/h5-10,12-17,24,28,30-31,37H,11,18-23,25-27H2,1-4H3,(H,43,48). The molecule has 0 spiro atoms. The zero-order chi connectivity index (χ0) is 36.4. The van der Waals surface area contributed by atoms with E-state index in [-0.39, 0.29) is 37.6 Å². The molecule has 0 radical (unpaired) electrons. The topological polar surface area (TPSA) is 102 Å². The third-order valence-corrected chi connectivity index (χ3v) is 10.3. The Morgan fingerprint density at radius 3 is 2.25 bits per heavy atom. The van der Waals surface area contributed by atoms with Gasteiger partial charge in [-0.1, -0.05) is 66.7 Å². The van der Waals surface area contributed by atoms with E-state index in [0.717, 1.165) is 64.5 Å². The molecule has 2 unspecified atom stereocenters. The highest BCUT2D eigenvalue weighted by Gasteiger charge is 2.42. The molecule has 1 saturated carbocycles. The highest BCUT2D eigenvalue weighted by Crippen LogP contribution is 2.44. The SMILES string of the molecule is COCCCn1cc(CN(C(=O)C2CC(NC(=O)OC(C)(C)C)CN(C(=O)OCC3c4ccccc4-c4ccccc43)C2)C2CC2)c2ccccc21. The monoisotopic (exact) mass is 706 g/mol. The fraction of sp³-hybridized carbons (Fsp3) is 0.452. The van der Waals surface area contributed by atoms with E-state index in [1.54, 1.807) is 12.0 Å². The number of para-hydroxylation sites is 1. The predicted molar refractivity (Wildman–Crippen MR) is 200 cm³/mol. The molecule has 3 amide bonds. The summed E-state index contributed by atoms with van der Waals surface area (Å²) in [6.45, 7) is 8.01. The fourth-order valence-corrected chi connectivity index (χ4v) is 7.90. The van der Waals surface area contributed by atoms with Gasteiger partial charge in [0.15, 0.2) is 0 Å². The van der Waals surface area contributed by atoms with Crippen molar-refractivity contribution in [1.29, 1.82) is 0 Å². The smallest absolute Gasteiger partial charge is 0.409 e. The molecule has 7 rings (SSSR count). The van der Waals surface area contributed by atoms with E-state index in [9.17, 15) is 14.4 Å². The van der Waals surface area contributed by atoms with E-state index in [1.807, 2.05) is 62.1 Å². The summed E-state index contributed by atoms with van der Waals surface area (Å²) in [5.74, 6) is -0.619. The molecule has 2 atom stereocenters. The summed E-state index contributed by atoms with van der Waals surface area (Å²) >= 11 is 0. The van der Waals surface area contributed by atoms with Crippen LogP contribution in [-0.4, -0.2) is 83.6 Å². The number of rotatable bonds is 11. The van der Waals surface area contributed by atoms with E-state index < -0.39 is 29.7 Å². The molecule has 10 nitrogen and oxygen atoms in total. The number of piperidine rings is 1.